The maximum absolute atomic E-state index is 12.6. The third-order valence-corrected chi connectivity index (χ3v) is 5.11. The van der Waals surface area contributed by atoms with Crippen LogP contribution in [0, 0.1) is 0 Å². The first kappa shape index (κ1) is 19.7. The Morgan fingerprint density at radius 1 is 1.15 bits per heavy atom. The Balaban J connectivity index is 1.54. The number of benzene rings is 2. The minimum atomic E-state index is -0.538. The van der Waals surface area contributed by atoms with E-state index < -0.39 is 6.10 Å². The van der Waals surface area contributed by atoms with Gasteiger partial charge in [0.25, 0.3) is 5.91 Å². The molecule has 0 radical (unpaired) electrons. The lowest BCUT2D eigenvalue weighted by Gasteiger charge is -2.29. The van der Waals surface area contributed by atoms with E-state index in [0.717, 1.165) is 36.3 Å². The third-order valence-electron chi connectivity index (χ3n) is 4.58. The first-order chi connectivity index (χ1) is 13.0. The van der Waals surface area contributed by atoms with Gasteiger partial charge in [-0.15, -0.1) is 0 Å². The van der Waals surface area contributed by atoms with E-state index in [1.807, 2.05) is 24.3 Å². The van der Waals surface area contributed by atoms with Crippen LogP contribution in [-0.4, -0.2) is 50.3 Å². The van der Waals surface area contributed by atoms with Gasteiger partial charge < -0.3 is 19.3 Å². The van der Waals surface area contributed by atoms with Crippen LogP contribution in [0.5, 0.6) is 5.75 Å². The van der Waals surface area contributed by atoms with Gasteiger partial charge in [0.05, 0.1) is 13.2 Å². The maximum Gasteiger partial charge on any atom is 0.263 e. The number of amides is 1. The van der Waals surface area contributed by atoms with Crippen molar-refractivity contribution in [3.63, 3.8) is 0 Å². The molecule has 0 N–H and O–H groups in total. The molecule has 1 amide bonds. The van der Waals surface area contributed by atoms with Gasteiger partial charge in [0.1, 0.15) is 5.75 Å². The van der Waals surface area contributed by atoms with Gasteiger partial charge in [-0.1, -0.05) is 28.1 Å². The van der Waals surface area contributed by atoms with Crippen LogP contribution in [0.1, 0.15) is 12.5 Å². The number of carbonyl (C=O) groups is 1. The van der Waals surface area contributed by atoms with Crippen molar-refractivity contribution in [3.8, 4) is 5.75 Å². The molecule has 144 valence electrons. The molecule has 1 fully saturated rings. The second kappa shape index (κ2) is 9.24. The van der Waals surface area contributed by atoms with Crippen molar-refractivity contribution >= 4 is 27.5 Å². The van der Waals surface area contributed by atoms with Crippen LogP contribution in [0.15, 0.2) is 53.0 Å². The number of halogens is 1. The molecule has 1 aliphatic heterocycles. The molecule has 0 bridgehead atoms. The molecule has 0 saturated carbocycles. The summed E-state index contributed by atoms with van der Waals surface area (Å²) in [5.41, 5.74) is 2.29. The van der Waals surface area contributed by atoms with Crippen LogP contribution in [0.25, 0.3) is 0 Å². The van der Waals surface area contributed by atoms with Gasteiger partial charge in [-0.05, 0) is 48.9 Å². The standard InChI is InChI=1S/C21H25BrN2O3/c1-16(27-20-9-5-18(22)6-10-20)21(25)23(2)15-17-3-7-19(8-4-17)24-11-13-26-14-12-24/h3-10,16H,11-15H2,1-2H3/t16-/m0/s1. The van der Waals surface area contributed by atoms with Crippen molar-refractivity contribution < 1.29 is 14.3 Å². The summed E-state index contributed by atoms with van der Waals surface area (Å²) < 4.78 is 12.1. The van der Waals surface area contributed by atoms with Crippen molar-refractivity contribution in [1.82, 2.24) is 4.90 Å². The minimum absolute atomic E-state index is 0.0461. The predicted octanol–water partition coefficient (Wildman–Crippen LogP) is 3.71. The van der Waals surface area contributed by atoms with Crippen LogP contribution in [0.2, 0.25) is 0 Å². The van der Waals surface area contributed by atoms with Crippen molar-refractivity contribution in [2.75, 3.05) is 38.3 Å². The smallest absolute Gasteiger partial charge is 0.263 e. The molecule has 0 unspecified atom stereocenters. The second-order valence-electron chi connectivity index (χ2n) is 6.67. The number of anilines is 1. The molecule has 5 nitrogen and oxygen atoms in total. The van der Waals surface area contributed by atoms with Crippen molar-refractivity contribution in [2.24, 2.45) is 0 Å². The number of hydrogen-bond donors (Lipinski definition) is 0. The van der Waals surface area contributed by atoms with Crippen molar-refractivity contribution in [2.45, 2.75) is 19.6 Å². The summed E-state index contributed by atoms with van der Waals surface area (Å²) in [6.07, 6.45) is -0.538. The molecule has 0 aromatic heterocycles. The SMILES string of the molecule is C[C@H](Oc1ccc(Br)cc1)C(=O)N(C)Cc1ccc(N2CCOCC2)cc1. The highest BCUT2D eigenvalue weighted by Crippen LogP contribution is 2.19. The zero-order chi connectivity index (χ0) is 19.2. The Labute approximate surface area is 169 Å². The van der Waals surface area contributed by atoms with Gasteiger partial charge in [0.2, 0.25) is 0 Å². The molecule has 2 aromatic rings. The Kier molecular flexibility index (Phi) is 6.74. The normalized spacial score (nSPS) is 15.3. The maximum atomic E-state index is 12.6. The quantitative estimate of drug-likeness (QED) is 0.697. The summed E-state index contributed by atoms with van der Waals surface area (Å²) in [6, 6.07) is 15.9. The van der Waals surface area contributed by atoms with Gasteiger partial charge in [-0.3, -0.25) is 4.79 Å². The van der Waals surface area contributed by atoms with E-state index >= 15 is 0 Å². The third kappa shape index (κ3) is 5.47. The molecular weight excluding hydrogens is 408 g/mol. The molecule has 3 rings (SSSR count). The molecule has 0 aliphatic carbocycles. The zero-order valence-electron chi connectivity index (χ0n) is 15.7. The monoisotopic (exact) mass is 432 g/mol. The van der Waals surface area contributed by atoms with E-state index in [0.29, 0.717) is 12.3 Å². The summed E-state index contributed by atoms with van der Waals surface area (Å²) in [7, 11) is 1.81. The number of nitrogens with zero attached hydrogens (tertiary/aromatic N) is 2. The summed E-state index contributed by atoms with van der Waals surface area (Å²) >= 11 is 3.39. The Morgan fingerprint density at radius 3 is 2.41 bits per heavy atom. The Hall–Kier alpha value is -2.05. The average molecular weight is 433 g/mol. The summed E-state index contributed by atoms with van der Waals surface area (Å²) in [5, 5.41) is 0. The highest BCUT2D eigenvalue weighted by atomic mass is 79.9. The van der Waals surface area contributed by atoms with Crippen LogP contribution in [0.3, 0.4) is 0 Å². The van der Waals surface area contributed by atoms with Crippen molar-refractivity contribution in [3.05, 3.63) is 58.6 Å². The first-order valence-corrected chi connectivity index (χ1v) is 9.91. The molecule has 1 heterocycles. The fourth-order valence-electron chi connectivity index (χ4n) is 3.06. The fourth-order valence-corrected chi connectivity index (χ4v) is 3.33. The van der Waals surface area contributed by atoms with Crippen LogP contribution in [-0.2, 0) is 16.1 Å². The molecule has 6 heteroatoms. The number of morpholine rings is 1. The highest BCUT2D eigenvalue weighted by Gasteiger charge is 2.19. The van der Waals surface area contributed by atoms with E-state index in [1.165, 1.54) is 5.69 Å². The lowest BCUT2D eigenvalue weighted by molar-refractivity contribution is -0.137. The van der Waals surface area contributed by atoms with Gasteiger partial charge in [-0.2, -0.15) is 0 Å². The van der Waals surface area contributed by atoms with E-state index in [1.54, 1.807) is 18.9 Å². The molecule has 0 spiro atoms. The van der Waals surface area contributed by atoms with Crippen LogP contribution in [0.4, 0.5) is 5.69 Å². The fraction of sp³-hybridized carbons (Fsp3) is 0.381. The zero-order valence-corrected chi connectivity index (χ0v) is 17.3. The number of rotatable bonds is 6. The van der Waals surface area contributed by atoms with Gasteiger partial charge in [-0.25, -0.2) is 0 Å². The molecule has 1 aliphatic rings. The van der Waals surface area contributed by atoms with Gasteiger partial charge in [0, 0.05) is 36.8 Å². The predicted molar refractivity (Wildman–Crippen MR) is 110 cm³/mol. The largest absolute Gasteiger partial charge is 0.481 e. The van der Waals surface area contributed by atoms with Crippen molar-refractivity contribution in [1.29, 1.82) is 0 Å². The molecule has 1 saturated heterocycles. The summed E-state index contributed by atoms with van der Waals surface area (Å²) in [6.45, 7) is 5.72. The minimum Gasteiger partial charge on any atom is -0.481 e. The van der Waals surface area contributed by atoms with E-state index in [2.05, 4.69) is 45.1 Å². The van der Waals surface area contributed by atoms with Crippen LogP contribution < -0.4 is 9.64 Å². The topological polar surface area (TPSA) is 42.0 Å². The number of ether oxygens (including phenoxy) is 2. The molecule has 27 heavy (non-hydrogen) atoms. The molecule has 1 atom stereocenters. The van der Waals surface area contributed by atoms with E-state index in [-0.39, 0.29) is 5.91 Å². The van der Waals surface area contributed by atoms with E-state index in [9.17, 15) is 4.79 Å². The lowest BCUT2D eigenvalue weighted by Crippen LogP contribution is -2.37. The molecule has 2 aromatic carbocycles. The lowest BCUT2D eigenvalue weighted by atomic mass is 10.1. The summed E-state index contributed by atoms with van der Waals surface area (Å²) in [4.78, 5) is 16.6. The summed E-state index contributed by atoms with van der Waals surface area (Å²) in [5.74, 6) is 0.637. The van der Waals surface area contributed by atoms with E-state index in [4.69, 9.17) is 9.47 Å². The Bertz CT molecular complexity index is 743. The number of hydrogen-bond acceptors (Lipinski definition) is 4. The highest BCUT2D eigenvalue weighted by molar-refractivity contribution is 9.10. The average Bonchev–Trinajstić information content (AvgIpc) is 2.70. The number of carbonyl (C=O) groups excluding carboxylic acids is 1. The Morgan fingerprint density at radius 2 is 1.78 bits per heavy atom. The van der Waals surface area contributed by atoms with Gasteiger partial charge >= 0.3 is 0 Å². The van der Waals surface area contributed by atoms with Gasteiger partial charge in [0.15, 0.2) is 6.10 Å². The number of likely N-dealkylation sites (N-methyl/N-ethyl adjacent to an activating group) is 1. The second-order valence-corrected chi connectivity index (χ2v) is 7.59. The van der Waals surface area contributed by atoms with Crippen LogP contribution >= 0.6 is 15.9 Å². The molecular formula is C21H25BrN2O3. The first-order valence-electron chi connectivity index (χ1n) is 9.12.